The second-order valence-corrected chi connectivity index (χ2v) is 8.24. The van der Waals surface area contributed by atoms with Crippen LogP contribution in [0.4, 0.5) is 15.3 Å². The van der Waals surface area contributed by atoms with Crippen molar-refractivity contribution in [2.24, 2.45) is 0 Å². The number of anilines is 1. The van der Waals surface area contributed by atoms with Crippen molar-refractivity contribution in [2.45, 2.75) is 39.5 Å². The number of carboxylic acids is 1. The highest BCUT2D eigenvalue weighted by molar-refractivity contribution is 5.92. The molecule has 0 aromatic heterocycles. The van der Waals surface area contributed by atoms with E-state index in [0.717, 1.165) is 5.56 Å². The summed E-state index contributed by atoms with van der Waals surface area (Å²) in [7, 11) is 0. The van der Waals surface area contributed by atoms with Crippen molar-refractivity contribution in [3.63, 3.8) is 0 Å². The van der Waals surface area contributed by atoms with Crippen LogP contribution in [-0.4, -0.2) is 46.9 Å². The average Bonchev–Trinajstić information content (AvgIpc) is 2.91. The summed E-state index contributed by atoms with van der Waals surface area (Å²) in [5.41, 5.74) is 1.28. The topological polar surface area (TPSA) is 96.4 Å². The van der Waals surface area contributed by atoms with Crippen LogP contribution in [0.5, 0.6) is 0 Å². The first-order valence-electron chi connectivity index (χ1n) is 9.96. The van der Waals surface area contributed by atoms with Crippen LogP contribution in [0.3, 0.4) is 0 Å². The van der Waals surface area contributed by atoms with Gasteiger partial charge in [0.25, 0.3) is 0 Å². The molecule has 0 saturated heterocycles. The molecule has 1 N–H and O–H groups in total. The monoisotopic (exact) mass is 426 g/mol. The Balaban J connectivity index is 1.85. The second kappa shape index (κ2) is 9.07. The Morgan fingerprint density at radius 1 is 1.00 bits per heavy atom. The van der Waals surface area contributed by atoms with Crippen molar-refractivity contribution in [3.05, 3.63) is 65.2 Å². The van der Waals surface area contributed by atoms with Crippen LogP contribution in [0.2, 0.25) is 0 Å². The normalized spacial score (nSPS) is 13.8. The van der Waals surface area contributed by atoms with Gasteiger partial charge in [-0.05, 0) is 50.1 Å². The van der Waals surface area contributed by atoms with Gasteiger partial charge in [0.15, 0.2) is 0 Å². The number of ether oxygens (including phenoxy) is 2. The summed E-state index contributed by atoms with van der Waals surface area (Å²) in [6, 6.07) is 13.8. The summed E-state index contributed by atoms with van der Waals surface area (Å²) in [4.78, 5) is 39.8. The van der Waals surface area contributed by atoms with Crippen LogP contribution in [-0.2, 0) is 22.6 Å². The fourth-order valence-corrected chi connectivity index (χ4v) is 3.20. The summed E-state index contributed by atoms with van der Waals surface area (Å²) in [5.74, 6) is -1.09. The van der Waals surface area contributed by atoms with Gasteiger partial charge in [-0.15, -0.1) is 0 Å². The molecule has 0 fully saturated rings. The molecule has 0 radical (unpaired) electrons. The molecular formula is C23H26N2O6. The highest BCUT2D eigenvalue weighted by Crippen LogP contribution is 2.28. The number of carbonyl (C=O) groups excluding carboxylic acids is 2. The molecule has 2 aromatic rings. The minimum Gasteiger partial charge on any atom is -0.478 e. The lowest BCUT2D eigenvalue weighted by Crippen LogP contribution is -2.40. The molecule has 1 heterocycles. The Hall–Kier alpha value is -3.55. The number of rotatable bonds is 3. The van der Waals surface area contributed by atoms with Crippen molar-refractivity contribution < 1.29 is 29.0 Å². The van der Waals surface area contributed by atoms with Crippen LogP contribution < -0.4 is 4.90 Å². The zero-order valence-corrected chi connectivity index (χ0v) is 17.8. The van der Waals surface area contributed by atoms with E-state index in [1.165, 1.54) is 21.9 Å². The zero-order valence-electron chi connectivity index (χ0n) is 17.8. The van der Waals surface area contributed by atoms with E-state index >= 15 is 0 Å². The lowest BCUT2D eigenvalue weighted by Gasteiger charge is -2.26. The molecule has 0 atom stereocenters. The van der Waals surface area contributed by atoms with Crippen molar-refractivity contribution in [2.75, 3.05) is 18.0 Å². The summed E-state index contributed by atoms with van der Waals surface area (Å²) in [6.45, 7) is 5.94. The number of amides is 2. The predicted molar refractivity (Wildman–Crippen MR) is 114 cm³/mol. The number of hydrogen-bond acceptors (Lipinski definition) is 5. The molecule has 31 heavy (non-hydrogen) atoms. The predicted octanol–water partition coefficient (Wildman–Crippen LogP) is 4.28. The van der Waals surface area contributed by atoms with E-state index in [4.69, 9.17) is 9.47 Å². The van der Waals surface area contributed by atoms with Crippen molar-refractivity contribution >= 4 is 23.8 Å². The van der Waals surface area contributed by atoms with Gasteiger partial charge in [-0.3, -0.25) is 4.90 Å². The molecule has 0 aliphatic carbocycles. The molecule has 164 valence electrons. The Morgan fingerprint density at radius 3 is 2.35 bits per heavy atom. The molecule has 8 heteroatoms. The van der Waals surface area contributed by atoms with Crippen LogP contribution in [0.1, 0.15) is 42.3 Å². The maximum atomic E-state index is 12.9. The van der Waals surface area contributed by atoms with Crippen LogP contribution >= 0.6 is 0 Å². The number of nitrogens with zero attached hydrogens (tertiary/aromatic N) is 2. The SMILES string of the molecule is CC(C)(C)OC(=O)N1CCN(C(=O)OCc2ccccc2)c2ccc(C(=O)O)cc2C1. The highest BCUT2D eigenvalue weighted by atomic mass is 16.6. The fourth-order valence-electron chi connectivity index (χ4n) is 3.20. The molecule has 0 unspecified atom stereocenters. The molecule has 3 rings (SSSR count). The minimum atomic E-state index is -1.09. The third kappa shape index (κ3) is 5.75. The fraction of sp³-hybridized carbons (Fsp3) is 0.348. The molecule has 0 spiro atoms. The van der Waals surface area contributed by atoms with Gasteiger partial charge >= 0.3 is 18.2 Å². The summed E-state index contributed by atoms with van der Waals surface area (Å²) in [5, 5.41) is 9.36. The first kappa shape index (κ1) is 22.1. The number of carboxylic acid groups (broad SMARTS) is 1. The first-order chi connectivity index (χ1) is 14.6. The Labute approximate surface area is 181 Å². The Morgan fingerprint density at radius 2 is 1.71 bits per heavy atom. The third-order valence-corrected chi connectivity index (χ3v) is 4.65. The maximum Gasteiger partial charge on any atom is 0.414 e. The van der Waals surface area contributed by atoms with E-state index in [0.29, 0.717) is 11.3 Å². The van der Waals surface area contributed by atoms with Gasteiger partial charge in [-0.1, -0.05) is 30.3 Å². The first-order valence-corrected chi connectivity index (χ1v) is 9.96. The van der Waals surface area contributed by atoms with E-state index in [2.05, 4.69) is 0 Å². The molecule has 8 nitrogen and oxygen atoms in total. The largest absolute Gasteiger partial charge is 0.478 e. The maximum absolute atomic E-state index is 12.9. The van der Waals surface area contributed by atoms with Crippen LogP contribution in [0.15, 0.2) is 48.5 Å². The van der Waals surface area contributed by atoms with Gasteiger partial charge in [-0.2, -0.15) is 0 Å². The van der Waals surface area contributed by atoms with Crippen molar-refractivity contribution in [1.82, 2.24) is 4.90 Å². The number of hydrogen-bond donors (Lipinski definition) is 1. The summed E-state index contributed by atoms with van der Waals surface area (Å²) < 4.78 is 10.9. The van der Waals surface area contributed by atoms with Gasteiger partial charge in [0.05, 0.1) is 17.8 Å². The molecule has 1 aliphatic rings. The Kier molecular flexibility index (Phi) is 6.48. The van der Waals surface area contributed by atoms with Gasteiger partial charge < -0.3 is 19.5 Å². The van der Waals surface area contributed by atoms with E-state index < -0.39 is 23.8 Å². The molecule has 0 saturated carbocycles. The van der Waals surface area contributed by atoms with Crippen molar-refractivity contribution in [1.29, 1.82) is 0 Å². The zero-order chi connectivity index (χ0) is 22.6. The molecular weight excluding hydrogens is 400 g/mol. The number of carbonyl (C=O) groups is 3. The van der Waals surface area contributed by atoms with Gasteiger partial charge in [0, 0.05) is 13.1 Å². The Bertz CT molecular complexity index is 968. The van der Waals surface area contributed by atoms with E-state index in [1.54, 1.807) is 26.8 Å². The molecule has 2 amide bonds. The average molecular weight is 426 g/mol. The lowest BCUT2D eigenvalue weighted by atomic mass is 10.1. The smallest absolute Gasteiger partial charge is 0.414 e. The third-order valence-electron chi connectivity index (χ3n) is 4.65. The quantitative estimate of drug-likeness (QED) is 0.787. The number of benzene rings is 2. The van der Waals surface area contributed by atoms with E-state index in [9.17, 15) is 19.5 Å². The van der Waals surface area contributed by atoms with Crippen molar-refractivity contribution in [3.8, 4) is 0 Å². The molecule has 2 aromatic carbocycles. The second-order valence-electron chi connectivity index (χ2n) is 8.24. The van der Waals surface area contributed by atoms with Gasteiger partial charge in [0.1, 0.15) is 12.2 Å². The molecule has 1 aliphatic heterocycles. The van der Waals surface area contributed by atoms with Crippen LogP contribution in [0.25, 0.3) is 0 Å². The van der Waals surface area contributed by atoms with Crippen LogP contribution in [0, 0.1) is 0 Å². The number of aromatic carboxylic acids is 1. The van der Waals surface area contributed by atoms with E-state index in [1.807, 2.05) is 30.3 Å². The lowest BCUT2D eigenvalue weighted by molar-refractivity contribution is 0.0242. The van der Waals surface area contributed by atoms with Gasteiger partial charge in [-0.25, -0.2) is 14.4 Å². The molecule has 0 bridgehead atoms. The van der Waals surface area contributed by atoms with Gasteiger partial charge in [0.2, 0.25) is 0 Å². The number of fused-ring (bicyclic) bond motifs is 1. The highest BCUT2D eigenvalue weighted by Gasteiger charge is 2.30. The summed E-state index contributed by atoms with van der Waals surface area (Å²) >= 11 is 0. The van der Waals surface area contributed by atoms with E-state index in [-0.39, 0.29) is 31.8 Å². The standard InChI is InChI=1S/C23H26N2O6/c1-23(2,3)31-21(28)24-11-12-25(22(29)30-15-16-7-5-4-6-8-16)19-10-9-17(20(26)27)13-18(19)14-24/h4-10,13H,11-12,14-15H2,1-3H3,(H,26,27). The summed E-state index contributed by atoms with van der Waals surface area (Å²) in [6.07, 6.45) is -1.10. The minimum absolute atomic E-state index is 0.0717.